The first-order valence-electron chi connectivity index (χ1n) is 4.47. The molecule has 1 N–H and O–H groups in total. The molecule has 1 rings (SSSR count). The maximum Gasteiger partial charge on any atom is 0.124 e. The minimum absolute atomic E-state index is 0. The van der Waals surface area contributed by atoms with E-state index in [4.69, 9.17) is 4.74 Å². The van der Waals surface area contributed by atoms with Gasteiger partial charge in [-0.25, -0.2) is 0 Å². The molecule has 3 heteroatoms. The molecule has 0 radical (unpaired) electrons. The maximum atomic E-state index is 5.29. The predicted octanol–water partition coefficient (Wildman–Crippen LogP) is 2.45. The van der Waals surface area contributed by atoms with Crippen LogP contribution < -0.4 is 10.1 Å². The van der Waals surface area contributed by atoms with Gasteiger partial charge in [0.25, 0.3) is 0 Å². The Morgan fingerprint density at radius 1 is 1.21 bits per heavy atom. The van der Waals surface area contributed by atoms with Gasteiger partial charge in [0, 0.05) is 6.54 Å². The first kappa shape index (κ1) is 13.3. The highest BCUT2D eigenvalue weighted by molar-refractivity contribution is 5.85. The lowest BCUT2D eigenvalue weighted by molar-refractivity contribution is 0.408. The van der Waals surface area contributed by atoms with Crippen molar-refractivity contribution in [1.29, 1.82) is 0 Å². The highest BCUT2D eigenvalue weighted by Crippen LogP contribution is 2.23. The summed E-state index contributed by atoms with van der Waals surface area (Å²) in [6.45, 7) is 5.06. The summed E-state index contributed by atoms with van der Waals surface area (Å²) in [7, 11) is 3.67. The molecule has 1 aromatic carbocycles. The van der Waals surface area contributed by atoms with Crippen LogP contribution in [0.2, 0.25) is 0 Å². The number of rotatable bonds is 3. The van der Waals surface area contributed by atoms with Gasteiger partial charge in [0.1, 0.15) is 5.75 Å². The fraction of sp³-hybridized carbons (Fsp3) is 0.455. The molecule has 1 aromatic rings. The Kier molecular flexibility index (Phi) is 5.58. The summed E-state index contributed by atoms with van der Waals surface area (Å²) in [5.41, 5.74) is 3.71. The highest BCUT2D eigenvalue weighted by Gasteiger charge is 2.03. The van der Waals surface area contributed by atoms with Crippen molar-refractivity contribution in [3.63, 3.8) is 0 Å². The smallest absolute Gasteiger partial charge is 0.124 e. The number of methoxy groups -OCH3 is 1. The SMILES string of the molecule is CNCc1cc(C)c(OC)c(C)c1.Cl. The van der Waals surface area contributed by atoms with Gasteiger partial charge in [-0.1, -0.05) is 12.1 Å². The van der Waals surface area contributed by atoms with Crippen LogP contribution in [-0.2, 0) is 6.54 Å². The van der Waals surface area contributed by atoms with Crippen molar-refractivity contribution in [2.75, 3.05) is 14.2 Å². The van der Waals surface area contributed by atoms with Crippen molar-refractivity contribution in [3.05, 3.63) is 28.8 Å². The van der Waals surface area contributed by atoms with Gasteiger partial charge in [0.2, 0.25) is 0 Å². The molecular weight excluding hydrogens is 198 g/mol. The molecule has 14 heavy (non-hydrogen) atoms. The zero-order chi connectivity index (χ0) is 9.84. The van der Waals surface area contributed by atoms with E-state index in [-0.39, 0.29) is 12.4 Å². The summed E-state index contributed by atoms with van der Waals surface area (Å²) in [6.07, 6.45) is 0. The van der Waals surface area contributed by atoms with E-state index in [0.29, 0.717) is 0 Å². The number of halogens is 1. The highest BCUT2D eigenvalue weighted by atomic mass is 35.5. The second-order valence-corrected chi connectivity index (χ2v) is 3.29. The third-order valence-electron chi connectivity index (χ3n) is 2.11. The predicted molar refractivity (Wildman–Crippen MR) is 62.5 cm³/mol. The third kappa shape index (κ3) is 2.89. The zero-order valence-electron chi connectivity index (χ0n) is 9.18. The van der Waals surface area contributed by atoms with Crippen LogP contribution in [0.4, 0.5) is 0 Å². The molecule has 0 saturated heterocycles. The van der Waals surface area contributed by atoms with E-state index in [1.807, 2.05) is 7.05 Å². The van der Waals surface area contributed by atoms with Crippen LogP contribution in [0.1, 0.15) is 16.7 Å². The number of benzene rings is 1. The molecule has 0 atom stereocenters. The summed E-state index contributed by atoms with van der Waals surface area (Å²) in [5, 5.41) is 3.14. The van der Waals surface area contributed by atoms with Gasteiger partial charge < -0.3 is 10.1 Å². The Morgan fingerprint density at radius 3 is 2.07 bits per heavy atom. The third-order valence-corrected chi connectivity index (χ3v) is 2.11. The Bertz CT molecular complexity index is 276. The molecule has 0 aromatic heterocycles. The van der Waals surface area contributed by atoms with Crippen molar-refractivity contribution >= 4 is 12.4 Å². The molecule has 0 spiro atoms. The molecule has 0 amide bonds. The van der Waals surface area contributed by atoms with Gasteiger partial charge in [-0.15, -0.1) is 12.4 Å². The van der Waals surface area contributed by atoms with Gasteiger partial charge in [-0.3, -0.25) is 0 Å². The van der Waals surface area contributed by atoms with Gasteiger partial charge in [-0.2, -0.15) is 0 Å². The van der Waals surface area contributed by atoms with Crippen molar-refractivity contribution in [2.45, 2.75) is 20.4 Å². The molecule has 0 aliphatic rings. The lowest BCUT2D eigenvalue weighted by Gasteiger charge is -2.10. The van der Waals surface area contributed by atoms with Crippen LogP contribution in [0.3, 0.4) is 0 Å². The lowest BCUT2D eigenvalue weighted by Crippen LogP contribution is -2.06. The second kappa shape index (κ2) is 5.89. The van der Waals surface area contributed by atoms with Crippen molar-refractivity contribution in [3.8, 4) is 5.75 Å². The van der Waals surface area contributed by atoms with E-state index in [9.17, 15) is 0 Å². The molecule has 0 fully saturated rings. The van der Waals surface area contributed by atoms with Gasteiger partial charge in [-0.05, 0) is 37.6 Å². The van der Waals surface area contributed by atoms with E-state index < -0.39 is 0 Å². The minimum atomic E-state index is 0. The Hall–Kier alpha value is -0.730. The average molecular weight is 216 g/mol. The van der Waals surface area contributed by atoms with Crippen LogP contribution in [0, 0.1) is 13.8 Å². The largest absolute Gasteiger partial charge is 0.496 e. The summed E-state index contributed by atoms with van der Waals surface area (Å²) in [6, 6.07) is 4.31. The molecule has 2 nitrogen and oxygen atoms in total. The van der Waals surface area contributed by atoms with Gasteiger partial charge in [0.15, 0.2) is 0 Å². The van der Waals surface area contributed by atoms with E-state index in [2.05, 4.69) is 31.3 Å². The van der Waals surface area contributed by atoms with Gasteiger partial charge >= 0.3 is 0 Å². The molecule has 0 bridgehead atoms. The monoisotopic (exact) mass is 215 g/mol. The number of ether oxygens (including phenoxy) is 1. The second-order valence-electron chi connectivity index (χ2n) is 3.29. The number of nitrogens with one attached hydrogen (secondary N) is 1. The number of aryl methyl sites for hydroxylation is 2. The maximum absolute atomic E-state index is 5.29. The van der Waals surface area contributed by atoms with Crippen molar-refractivity contribution in [1.82, 2.24) is 5.32 Å². The number of hydrogen-bond acceptors (Lipinski definition) is 2. The minimum Gasteiger partial charge on any atom is -0.496 e. The Labute approximate surface area is 92.1 Å². The topological polar surface area (TPSA) is 21.3 Å². The zero-order valence-corrected chi connectivity index (χ0v) is 9.99. The van der Waals surface area contributed by atoms with E-state index >= 15 is 0 Å². The molecule has 0 aliphatic carbocycles. The lowest BCUT2D eigenvalue weighted by atomic mass is 10.1. The first-order valence-corrected chi connectivity index (χ1v) is 4.47. The summed E-state index contributed by atoms with van der Waals surface area (Å²) < 4.78 is 5.29. The standard InChI is InChI=1S/C11H17NO.ClH/c1-8-5-10(7-12-3)6-9(2)11(8)13-4;/h5-6,12H,7H2,1-4H3;1H. The first-order chi connectivity index (χ1) is 6.19. The van der Waals surface area contributed by atoms with Crippen molar-refractivity contribution < 1.29 is 4.74 Å². The Morgan fingerprint density at radius 2 is 1.71 bits per heavy atom. The molecule has 80 valence electrons. The average Bonchev–Trinajstić information content (AvgIpc) is 2.04. The van der Waals surface area contributed by atoms with Crippen LogP contribution in [0.15, 0.2) is 12.1 Å². The van der Waals surface area contributed by atoms with E-state index in [1.165, 1.54) is 16.7 Å². The van der Waals surface area contributed by atoms with Crippen LogP contribution in [0.25, 0.3) is 0 Å². The molecule has 0 aliphatic heterocycles. The normalized spacial score (nSPS) is 9.43. The molecular formula is C11H18ClNO. The fourth-order valence-corrected chi connectivity index (χ4v) is 1.67. The number of hydrogen-bond donors (Lipinski definition) is 1. The van der Waals surface area contributed by atoms with Gasteiger partial charge in [0.05, 0.1) is 7.11 Å². The molecule has 0 heterocycles. The summed E-state index contributed by atoms with van der Waals surface area (Å²) in [5.74, 6) is 1.000. The fourth-order valence-electron chi connectivity index (χ4n) is 1.67. The van der Waals surface area contributed by atoms with Crippen LogP contribution >= 0.6 is 12.4 Å². The molecule has 0 saturated carbocycles. The van der Waals surface area contributed by atoms with E-state index in [1.54, 1.807) is 7.11 Å². The Balaban J connectivity index is 0.00000169. The summed E-state index contributed by atoms with van der Waals surface area (Å²) >= 11 is 0. The quantitative estimate of drug-likeness (QED) is 0.837. The van der Waals surface area contributed by atoms with Crippen molar-refractivity contribution in [2.24, 2.45) is 0 Å². The van der Waals surface area contributed by atoms with E-state index in [0.717, 1.165) is 12.3 Å². The summed E-state index contributed by atoms with van der Waals surface area (Å²) in [4.78, 5) is 0. The van der Waals surface area contributed by atoms with Crippen LogP contribution in [-0.4, -0.2) is 14.2 Å². The van der Waals surface area contributed by atoms with Crippen LogP contribution in [0.5, 0.6) is 5.75 Å². The molecule has 0 unspecified atom stereocenters.